The maximum atomic E-state index is 11.6. The standard InChI is InChI=1S/C15H17ClN4O2/c1-20(2)15(21)10-22-12-6-4-3-5-11(12)7-18-14-9-17-13(16)8-19-14/h3-6,8-9H,7,10H2,1-2H3,(H,18,19). The first-order valence-corrected chi connectivity index (χ1v) is 7.06. The molecule has 2 aromatic rings. The van der Waals surface area contributed by atoms with Crippen molar-refractivity contribution >= 4 is 23.3 Å². The van der Waals surface area contributed by atoms with Crippen molar-refractivity contribution in [2.75, 3.05) is 26.0 Å². The Balaban J connectivity index is 1.98. The summed E-state index contributed by atoms with van der Waals surface area (Å²) in [5.41, 5.74) is 0.922. The Morgan fingerprint density at radius 1 is 1.27 bits per heavy atom. The number of amides is 1. The molecule has 0 aliphatic rings. The lowest BCUT2D eigenvalue weighted by Crippen LogP contribution is -2.27. The topological polar surface area (TPSA) is 67.3 Å². The van der Waals surface area contributed by atoms with Crippen LogP contribution in [0, 0.1) is 0 Å². The average molecular weight is 321 g/mol. The molecule has 0 unspecified atom stereocenters. The summed E-state index contributed by atoms with van der Waals surface area (Å²) in [6.07, 6.45) is 3.03. The first kappa shape index (κ1) is 16.0. The van der Waals surface area contributed by atoms with E-state index in [4.69, 9.17) is 16.3 Å². The van der Waals surface area contributed by atoms with E-state index in [1.165, 1.54) is 11.1 Å². The van der Waals surface area contributed by atoms with Crippen LogP contribution in [0.25, 0.3) is 0 Å². The van der Waals surface area contributed by atoms with E-state index < -0.39 is 0 Å². The van der Waals surface area contributed by atoms with E-state index in [2.05, 4.69) is 15.3 Å². The molecule has 0 saturated carbocycles. The van der Waals surface area contributed by atoms with Crippen molar-refractivity contribution in [1.29, 1.82) is 0 Å². The summed E-state index contributed by atoms with van der Waals surface area (Å²) in [5, 5.41) is 3.48. The van der Waals surface area contributed by atoms with Gasteiger partial charge in [-0.3, -0.25) is 4.79 Å². The number of halogens is 1. The van der Waals surface area contributed by atoms with Crippen molar-refractivity contribution in [3.05, 3.63) is 47.4 Å². The Labute approximate surface area is 134 Å². The molecular weight excluding hydrogens is 304 g/mol. The summed E-state index contributed by atoms with van der Waals surface area (Å²) in [4.78, 5) is 21.1. The Hall–Kier alpha value is -2.34. The second-order valence-electron chi connectivity index (χ2n) is 4.76. The molecule has 0 fully saturated rings. The third kappa shape index (κ3) is 4.60. The molecule has 1 aromatic heterocycles. The number of benzene rings is 1. The fraction of sp³-hybridized carbons (Fsp3) is 0.267. The molecule has 0 atom stereocenters. The molecule has 0 radical (unpaired) electrons. The Morgan fingerprint density at radius 2 is 2.05 bits per heavy atom. The molecule has 1 amide bonds. The number of likely N-dealkylation sites (N-methyl/N-ethyl adjacent to an activating group) is 1. The highest BCUT2D eigenvalue weighted by molar-refractivity contribution is 6.29. The van der Waals surface area contributed by atoms with Crippen LogP contribution in [0.1, 0.15) is 5.56 Å². The van der Waals surface area contributed by atoms with Gasteiger partial charge in [0.2, 0.25) is 0 Å². The molecule has 2 rings (SSSR count). The maximum absolute atomic E-state index is 11.6. The number of carbonyl (C=O) groups is 1. The second-order valence-corrected chi connectivity index (χ2v) is 5.15. The first-order chi connectivity index (χ1) is 10.6. The van der Waals surface area contributed by atoms with Crippen LogP contribution in [-0.4, -0.2) is 41.5 Å². The molecule has 22 heavy (non-hydrogen) atoms. The second kappa shape index (κ2) is 7.61. The zero-order valence-electron chi connectivity index (χ0n) is 12.4. The van der Waals surface area contributed by atoms with Gasteiger partial charge in [0.15, 0.2) is 6.61 Å². The van der Waals surface area contributed by atoms with Gasteiger partial charge in [0.05, 0.1) is 12.4 Å². The highest BCUT2D eigenvalue weighted by atomic mass is 35.5. The van der Waals surface area contributed by atoms with Gasteiger partial charge in [-0.15, -0.1) is 0 Å². The number of nitrogens with zero attached hydrogens (tertiary/aromatic N) is 3. The summed E-state index contributed by atoms with van der Waals surface area (Å²) in [6, 6.07) is 7.52. The van der Waals surface area contributed by atoms with Crippen molar-refractivity contribution in [2.45, 2.75) is 6.54 Å². The molecule has 116 valence electrons. The van der Waals surface area contributed by atoms with Crippen molar-refractivity contribution in [3.63, 3.8) is 0 Å². The van der Waals surface area contributed by atoms with Gasteiger partial charge < -0.3 is 15.0 Å². The van der Waals surface area contributed by atoms with E-state index >= 15 is 0 Å². The van der Waals surface area contributed by atoms with Gasteiger partial charge in [-0.05, 0) is 6.07 Å². The van der Waals surface area contributed by atoms with Crippen molar-refractivity contribution in [2.24, 2.45) is 0 Å². The molecule has 0 spiro atoms. The number of para-hydroxylation sites is 1. The number of rotatable bonds is 6. The van der Waals surface area contributed by atoms with Crippen LogP contribution >= 0.6 is 11.6 Å². The zero-order chi connectivity index (χ0) is 15.9. The Morgan fingerprint density at radius 3 is 2.73 bits per heavy atom. The van der Waals surface area contributed by atoms with Gasteiger partial charge in [-0.2, -0.15) is 0 Å². The summed E-state index contributed by atoms with van der Waals surface area (Å²) >= 11 is 5.69. The molecular formula is C15H17ClN4O2. The zero-order valence-corrected chi connectivity index (χ0v) is 13.2. The summed E-state index contributed by atoms with van der Waals surface area (Å²) in [7, 11) is 3.39. The average Bonchev–Trinajstić information content (AvgIpc) is 2.52. The lowest BCUT2D eigenvalue weighted by molar-refractivity contribution is -0.130. The number of aromatic nitrogens is 2. The smallest absolute Gasteiger partial charge is 0.259 e. The van der Waals surface area contributed by atoms with E-state index in [1.54, 1.807) is 20.3 Å². The fourth-order valence-electron chi connectivity index (χ4n) is 1.65. The minimum Gasteiger partial charge on any atom is -0.483 e. The fourth-order valence-corrected chi connectivity index (χ4v) is 1.75. The molecule has 0 bridgehead atoms. The van der Waals surface area contributed by atoms with E-state index in [1.807, 2.05) is 24.3 Å². The van der Waals surface area contributed by atoms with Crippen LogP contribution in [0.3, 0.4) is 0 Å². The van der Waals surface area contributed by atoms with Crippen LogP contribution in [0.2, 0.25) is 5.15 Å². The van der Waals surface area contributed by atoms with Crippen LogP contribution in [0.15, 0.2) is 36.7 Å². The van der Waals surface area contributed by atoms with Gasteiger partial charge in [0.1, 0.15) is 16.7 Å². The van der Waals surface area contributed by atoms with E-state index in [9.17, 15) is 4.79 Å². The van der Waals surface area contributed by atoms with Crippen molar-refractivity contribution in [3.8, 4) is 5.75 Å². The summed E-state index contributed by atoms with van der Waals surface area (Å²) in [5.74, 6) is 1.18. The molecule has 1 N–H and O–H groups in total. The number of anilines is 1. The van der Waals surface area contributed by atoms with Crippen molar-refractivity contribution < 1.29 is 9.53 Å². The SMILES string of the molecule is CN(C)C(=O)COc1ccccc1CNc1cnc(Cl)cn1. The predicted molar refractivity (Wildman–Crippen MR) is 85.0 cm³/mol. The highest BCUT2D eigenvalue weighted by Gasteiger charge is 2.08. The van der Waals surface area contributed by atoms with Crippen LogP contribution < -0.4 is 10.1 Å². The van der Waals surface area contributed by atoms with Crippen LogP contribution in [-0.2, 0) is 11.3 Å². The number of hydrogen-bond acceptors (Lipinski definition) is 5. The lowest BCUT2D eigenvalue weighted by atomic mass is 10.2. The quantitative estimate of drug-likeness (QED) is 0.884. The largest absolute Gasteiger partial charge is 0.483 e. The molecule has 1 aromatic carbocycles. The molecule has 6 nitrogen and oxygen atoms in total. The van der Waals surface area contributed by atoms with Crippen LogP contribution in [0.4, 0.5) is 5.82 Å². The normalized spacial score (nSPS) is 10.1. The van der Waals surface area contributed by atoms with E-state index in [-0.39, 0.29) is 12.5 Å². The van der Waals surface area contributed by atoms with Crippen LogP contribution in [0.5, 0.6) is 5.75 Å². The van der Waals surface area contributed by atoms with Gasteiger partial charge in [0, 0.05) is 26.2 Å². The predicted octanol–water partition coefficient (Wildman–Crippen LogP) is 2.21. The third-order valence-electron chi connectivity index (χ3n) is 2.90. The Bertz CT molecular complexity index is 632. The van der Waals surface area contributed by atoms with Crippen molar-refractivity contribution in [1.82, 2.24) is 14.9 Å². The van der Waals surface area contributed by atoms with Gasteiger partial charge in [0.25, 0.3) is 5.91 Å². The first-order valence-electron chi connectivity index (χ1n) is 6.68. The minimum absolute atomic E-state index is 0.00473. The number of carbonyl (C=O) groups excluding carboxylic acids is 1. The van der Waals surface area contributed by atoms with Gasteiger partial charge in [-0.1, -0.05) is 29.8 Å². The number of hydrogen-bond donors (Lipinski definition) is 1. The van der Waals surface area contributed by atoms with Gasteiger partial charge in [-0.25, -0.2) is 9.97 Å². The summed E-state index contributed by atoms with van der Waals surface area (Å²) < 4.78 is 5.58. The molecule has 1 heterocycles. The number of ether oxygens (including phenoxy) is 1. The van der Waals surface area contributed by atoms with E-state index in [0.29, 0.717) is 23.3 Å². The molecule has 0 aliphatic heterocycles. The highest BCUT2D eigenvalue weighted by Crippen LogP contribution is 2.19. The molecule has 0 saturated heterocycles. The lowest BCUT2D eigenvalue weighted by Gasteiger charge is -2.14. The summed E-state index contributed by atoms with van der Waals surface area (Å²) in [6.45, 7) is 0.507. The Kier molecular flexibility index (Phi) is 5.55. The minimum atomic E-state index is -0.0914. The molecule has 7 heteroatoms. The van der Waals surface area contributed by atoms with E-state index in [0.717, 1.165) is 5.56 Å². The maximum Gasteiger partial charge on any atom is 0.259 e. The third-order valence-corrected chi connectivity index (χ3v) is 3.10. The molecule has 0 aliphatic carbocycles. The van der Waals surface area contributed by atoms with Gasteiger partial charge >= 0.3 is 0 Å². The number of nitrogens with one attached hydrogen (secondary N) is 1. The monoisotopic (exact) mass is 320 g/mol.